The first-order valence-electron chi connectivity index (χ1n) is 5.07. The van der Waals surface area contributed by atoms with E-state index in [1.165, 1.54) is 11.3 Å². The minimum atomic E-state index is -0.112. The number of thiazole rings is 1. The van der Waals surface area contributed by atoms with Gasteiger partial charge in [-0.15, -0.1) is 11.3 Å². The lowest BCUT2D eigenvalue weighted by Crippen LogP contribution is -2.19. The predicted octanol–water partition coefficient (Wildman–Crippen LogP) is 0.552. The molecule has 0 saturated heterocycles. The van der Waals surface area contributed by atoms with E-state index in [0.29, 0.717) is 9.20 Å². The van der Waals surface area contributed by atoms with Crippen LogP contribution in [0.3, 0.4) is 0 Å². The maximum Gasteiger partial charge on any atom is 0.266 e. The summed E-state index contributed by atoms with van der Waals surface area (Å²) >= 11 is 1.34. The highest BCUT2D eigenvalue weighted by Crippen LogP contribution is 2.14. The largest absolute Gasteiger partial charge is 0.313 e. The van der Waals surface area contributed by atoms with E-state index in [4.69, 9.17) is 0 Å². The first-order chi connectivity index (χ1) is 8.24. The van der Waals surface area contributed by atoms with E-state index in [1.54, 1.807) is 6.08 Å². The zero-order chi connectivity index (χ0) is 11.8. The smallest absolute Gasteiger partial charge is 0.266 e. The molecule has 0 atom stereocenters. The number of para-hydroxylation sites is 1. The lowest BCUT2D eigenvalue weighted by Gasteiger charge is -1.87. The molecule has 3 aromatic rings. The summed E-state index contributed by atoms with van der Waals surface area (Å²) < 4.78 is 1.29. The van der Waals surface area contributed by atoms with Gasteiger partial charge in [0, 0.05) is 5.39 Å². The highest BCUT2D eigenvalue weighted by atomic mass is 32.1. The first-order valence-corrected chi connectivity index (χ1v) is 5.88. The minimum Gasteiger partial charge on any atom is -0.313 e. The third-order valence-corrected chi connectivity index (χ3v) is 3.35. The van der Waals surface area contributed by atoms with Crippen molar-refractivity contribution in [1.29, 1.82) is 0 Å². The number of rotatable bonds is 1. The van der Waals surface area contributed by atoms with Gasteiger partial charge in [-0.05, 0) is 12.1 Å². The second kappa shape index (κ2) is 3.71. The summed E-state index contributed by atoms with van der Waals surface area (Å²) in [4.78, 5) is 14.2. The molecule has 84 valence electrons. The molecule has 0 aliphatic rings. The molecule has 2 heterocycles. The number of aromatic nitrogens is 3. The molecule has 17 heavy (non-hydrogen) atoms. The van der Waals surface area contributed by atoms with E-state index in [9.17, 15) is 4.79 Å². The average Bonchev–Trinajstić information content (AvgIpc) is 2.85. The topological polar surface area (TPSA) is 61.5 Å². The average molecular weight is 243 g/mol. The Morgan fingerprint density at radius 3 is 2.94 bits per heavy atom. The molecule has 0 aliphatic carbocycles. The maximum atomic E-state index is 11.6. The number of hydrogen-bond donors (Lipinski definition) is 2. The fourth-order valence-corrected chi connectivity index (χ4v) is 2.44. The zero-order valence-electron chi connectivity index (χ0n) is 8.86. The third kappa shape index (κ3) is 1.70. The van der Waals surface area contributed by atoms with Gasteiger partial charge in [-0.3, -0.25) is 9.89 Å². The molecule has 0 spiro atoms. The number of nitrogens with zero attached hydrogens (tertiary/aromatic N) is 1. The second-order valence-electron chi connectivity index (χ2n) is 3.64. The van der Waals surface area contributed by atoms with E-state index in [0.717, 1.165) is 16.6 Å². The summed E-state index contributed by atoms with van der Waals surface area (Å²) in [6, 6.07) is 7.77. The highest BCUT2D eigenvalue weighted by molar-refractivity contribution is 7.07. The molecule has 0 amide bonds. The van der Waals surface area contributed by atoms with Crippen molar-refractivity contribution in [3.05, 3.63) is 49.5 Å². The monoisotopic (exact) mass is 243 g/mol. The molecule has 0 radical (unpaired) electrons. The van der Waals surface area contributed by atoms with Crippen molar-refractivity contribution < 1.29 is 0 Å². The lowest BCUT2D eigenvalue weighted by atomic mass is 10.2. The van der Waals surface area contributed by atoms with Crippen LogP contribution in [0.4, 0.5) is 0 Å². The molecule has 5 heteroatoms. The SMILES string of the molecule is C=c1[nH]c(=O)/c(=C\c2[nH]nc3ccccc23)s1. The fourth-order valence-electron chi connectivity index (χ4n) is 1.71. The standard InChI is InChI=1S/C12H9N3OS/c1-7-13-12(16)11(17-7)6-10-8-4-2-3-5-9(8)14-15-10/h2-6H,1H2,(H,13,16)(H,14,15)/b11-6+. The molecule has 0 fully saturated rings. The van der Waals surface area contributed by atoms with Crippen LogP contribution in [0, 0.1) is 0 Å². The van der Waals surface area contributed by atoms with Crippen LogP contribution in [-0.2, 0) is 0 Å². The van der Waals surface area contributed by atoms with Gasteiger partial charge >= 0.3 is 0 Å². The Morgan fingerprint density at radius 1 is 1.35 bits per heavy atom. The summed E-state index contributed by atoms with van der Waals surface area (Å²) in [5.74, 6) is 0. The molecule has 2 N–H and O–H groups in total. The van der Waals surface area contributed by atoms with Gasteiger partial charge in [-0.2, -0.15) is 5.10 Å². The van der Waals surface area contributed by atoms with Gasteiger partial charge < -0.3 is 4.98 Å². The fraction of sp³-hybridized carbons (Fsp3) is 0. The highest BCUT2D eigenvalue weighted by Gasteiger charge is 2.02. The van der Waals surface area contributed by atoms with Crippen LogP contribution in [0.25, 0.3) is 23.6 Å². The van der Waals surface area contributed by atoms with Gasteiger partial charge in [0.2, 0.25) is 0 Å². The Hall–Kier alpha value is -2.14. The Labute approximate surface area is 99.9 Å². The molecule has 0 aliphatic heterocycles. The van der Waals surface area contributed by atoms with E-state index in [-0.39, 0.29) is 5.56 Å². The summed E-state index contributed by atoms with van der Waals surface area (Å²) in [5.41, 5.74) is 1.62. The van der Waals surface area contributed by atoms with Crippen LogP contribution in [0.2, 0.25) is 0 Å². The maximum absolute atomic E-state index is 11.6. The van der Waals surface area contributed by atoms with Gasteiger partial charge in [0.1, 0.15) is 0 Å². The number of H-pyrrole nitrogens is 2. The van der Waals surface area contributed by atoms with E-state index >= 15 is 0 Å². The van der Waals surface area contributed by atoms with Gasteiger partial charge in [-0.25, -0.2) is 0 Å². The Balaban J connectivity index is 2.31. The molecule has 4 nitrogen and oxygen atoms in total. The number of fused-ring (bicyclic) bond motifs is 1. The third-order valence-electron chi connectivity index (χ3n) is 2.48. The van der Waals surface area contributed by atoms with Crippen LogP contribution < -0.4 is 14.8 Å². The van der Waals surface area contributed by atoms with Gasteiger partial charge in [-0.1, -0.05) is 24.8 Å². The van der Waals surface area contributed by atoms with E-state index in [1.807, 2.05) is 24.3 Å². The predicted molar refractivity (Wildman–Crippen MR) is 69.4 cm³/mol. The number of hydrogen-bond acceptors (Lipinski definition) is 3. The van der Waals surface area contributed by atoms with Crippen molar-refractivity contribution in [2.75, 3.05) is 0 Å². The molecule has 0 saturated carbocycles. The normalized spacial score (nSPS) is 12.4. The first kappa shape index (κ1) is 10.0. The van der Waals surface area contributed by atoms with Crippen molar-refractivity contribution >= 4 is 34.9 Å². The van der Waals surface area contributed by atoms with Crippen molar-refractivity contribution in [3.63, 3.8) is 0 Å². The van der Waals surface area contributed by atoms with E-state index in [2.05, 4.69) is 21.8 Å². The molecule has 0 bridgehead atoms. The van der Waals surface area contributed by atoms with Crippen LogP contribution in [-0.4, -0.2) is 15.2 Å². The van der Waals surface area contributed by atoms with Crippen molar-refractivity contribution in [2.45, 2.75) is 0 Å². The Bertz CT molecular complexity index is 840. The molecular weight excluding hydrogens is 234 g/mol. The quantitative estimate of drug-likeness (QED) is 0.655. The summed E-state index contributed by atoms with van der Waals surface area (Å²) in [5, 5.41) is 8.10. The lowest BCUT2D eigenvalue weighted by molar-refractivity contribution is 1.10. The number of aromatic amines is 2. The van der Waals surface area contributed by atoms with Crippen molar-refractivity contribution in [3.8, 4) is 0 Å². The molecular formula is C12H9N3OS. The van der Waals surface area contributed by atoms with Gasteiger partial charge in [0.15, 0.2) is 0 Å². The molecule has 3 rings (SSSR count). The number of benzene rings is 1. The van der Waals surface area contributed by atoms with Gasteiger partial charge in [0.25, 0.3) is 5.56 Å². The van der Waals surface area contributed by atoms with Crippen LogP contribution in [0.5, 0.6) is 0 Å². The molecule has 2 aromatic heterocycles. The van der Waals surface area contributed by atoms with Crippen LogP contribution >= 0.6 is 11.3 Å². The summed E-state index contributed by atoms with van der Waals surface area (Å²) in [6.07, 6.45) is 1.80. The molecule has 0 unspecified atom stereocenters. The van der Waals surface area contributed by atoms with Crippen molar-refractivity contribution in [2.24, 2.45) is 0 Å². The Kier molecular flexibility index (Phi) is 2.19. The van der Waals surface area contributed by atoms with Crippen LogP contribution in [0.15, 0.2) is 29.1 Å². The molecule has 1 aromatic carbocycles. The summed E-state index contributed by atoms with van der Waals surface area (Å²) in [7, 11) is 0. The number of nitrogens with one attached hydrogen (secondary N) is 2. The van der Waals surface area contributed by atoms with Gasteiger partial charge in [0.05, 0.1) is 20.4 Å². The van der Waals surface area contributed by atoms with Crippen molar-refractivity contribution in [1.82, 2.24) is 15.2 Å². The summed E-state index contributed by atoms with van der Waals surface area (Å²) in [6.45, 7) is 3.71. The van der Waals surface area contributed by atoms with E-state index < -0.39 is 0 Å². The minimum absolute atomic E-state index is 0.112. The van der Waals surface area contributed by atoms with Crippen LogP contribution in [0.1, 0.15) is 5.69 Å². The zero-order valence-corrected chi connectivity index (χ0v) is 9.67. The Morgan fingerprint density at radius 2 is 2.18 bits per heavy atom. The second-order valence-corrected chi connectivity index (χ2v) is 4.78.